The highest BCUT2D eigenvalue weighted by molar-refractivity contribution is 5.85. The van der Waals surface area contributed by atoms with E-state index in [-0.39, 0.29) is 0 Å². The lowest BCUT2D eigenvalue weighted by atomic mass is 10.1. The van der Waals surface area contributed by atoms with E-state index in [4.69, 9.17) is 5.21 Å². The fraction of sp³-hybridized carbons (Fsp3) is 0. The monoisotopic (exact) mass is 189 g/mol. The van der Waals surface area contributed by atoms with Gasteiger partial charge in [0.1, 0.15) is 5.69 Å². The molecule has 1 aromatic carbocycles. The number of hydrogen-bond acceptors (Lipinski definition) is 5. The minimum absolute atomic E-state index is 0.402. The molecular weight excluding hydrogens is 182 g/mol. The van der Waals surface area contributed by atoms with Crippen LogP contribution in [0.4, 0.5) is 0 Å². The SMILES string of the molecule is O/N=C/c1nonc1-c1ccccc1. The molecular formula is C9H7N3O2. The summed E-state index contributed by atoms with van der Waals surface area (Å²) in [4.78, 5) is 0. The molecule has 5 nitrogen and oxygen atoms in total. The minimum Gasteiger partial charge on any atom is -0.411 e. The van der Waals surface area contributed by atoms with Gasteiger partial charge in [0.05, 0.1) is 6.21 Å². The summed E-state index contributed by atoms with van der Waals surface area (Å²) in [6.07, 6.45) is 1.18. The highest BCUT2D eigenvalue weighted by atomic mass is 16.6. The van der Waals surface area contributed by atoms with Crippen LogP contribution < -0.4 is 0 Å². The van der Waals surface area contributed by atoms with Crippen molar-refractivity contribution in [3.05, 3.63) is 36.0 Å². The first-order chi connectivity index (χ1) is 6.92. The molecule has 0 aliphatic heterocycles. The van der Waals surface area contributed by atoms with Gasteiger partial charge in [-0.2, -0.15) is 0 Å². The third-order valence-electron chi connectivity index (χ3n) is 1.74. The Hall–Kier alpha value is -2.17. The molecule has 1 N–H and O–H groups in total. The summed E-state index contributed by atoms with van der Waals surface area (Å²) in [7, 11) is 0. The van der Waals surface area contributed by atoms with Crippen LogP contribution in [0.3, 0.4) is 0 Å². The van der Waals surface area contributed by atoms with Gasteiger partial charge in [-0.25, -0.2) is 4.63 Å². The van der Waals surface area contributed by atoms with Gasteiger partial charge in [-0.3, -0.25) is 0 Å². The summed E-state index contributed by atoms with van der Waals surface area (Å²) in [6, 6.07) is 9.40. The van der Waals surface area contributed by atoms with E-state index < -0.39 is 0 Å². The van der Waals surface area contributed by atoms with Crippen molar-refractivity contribution in [3.63, 3.8) is 0 Å². The van der Waals surface area contributed by atoms with Gasteiger partial charge in [-0.05, 0) is 10.3 Å². The number of rotatable bonds is 2. The molecule has 0 amide bonds. The Bertz CT molecular complexity index is 436. The maximum atomic E-state index is 8.37. The maximum absolute atomic E-state index is 8.37. The molecule has 0 aliphatic carbocycles. The van der Waals surface area contributed by atoms with Gasteiger partial charge in [0.15, 0.2) is 5.69 Å². The van der Waals surface area contributed by atoms with Crippen LogP contribution in [0.2, 0.25) is 0 Å². The van der Waals surface area contributed by atoms with Crippen LogP contribution in [0.1, 0.15) is 5.69 Å². The van der Waals surface area contributed by atoms with Crippen LogP contribution in [0.15, 0.2) is 40.1 Å². The molecule has 0 radical (unpaired) electrons. The molecule has 14 heavy (non-hydrogen) atoms. The molecule has 2 rings (SSSR count). The van der Waals surface area contributed by atoms with Crippen LogP contribution in [0.5, 0.6) is 0 Å². The Labute approximate surface area is 79.6 Å². The first-order valence-electron chi connectivity index (χ1n) is 3.97. The topological polar surface area (TPSA) is 71.5 Å². The van der Waals surface area contributed by atoms with Crippen molar-refractivity contribution in [3.8, 4) is 11.3 Å². The summed E-state index contributed by atoms with van der Waals surface area (Å²) in [6.45, 7) is 0. The van der Waals surface area contributed by atoms with E-state index in [2.05, 4.69) is 20.1 Å². The van der Waals surface area contributed by atoms with Crippen molar-refractivity contribution >= 4 is 6.21 Å². The van der Waals surface area contributed by atoms with Crippen LogP contribution in [0, 0.1) is 0 Å². The normalized spacial score (nSPS) is 10.9. The number of oxime groups is 1. The van der Waals surface area contributed by atoms with Crippen LogP contribution in [0.25, 0.3) is 11.3 Å². The summed E-state index contributed by atoms with van der Waals surface area (Å²) >= 11 is 0. The molecule has 70 valence electrons. The first kappa shape index (κ1) is 8.43. The molecule has 2 aromatic rings. The molecule has 5 heteroatoms. The lowest BCUT2D eigenvalue weighted by Crippen LogP contribution is -1.86. The Kier molecular flexibility index (Phi) is 2.22. The summed E-state index contributed by atoms with van der Waals surface area (Å²) in [5.74, 6) is 0. The van der Waals surface area contributed by atoms with E-state index in [1.54, 1.807) is 0 Å². The summed E-state index contributed by atoms with van der Waals surface area (Å²) < 4.78 is 4.55. The smallest absolute Gasteiger partial charge is 0.157 e. The molecule has 0 unspecified atom stereocenters. The minimum atomic E-state index is 0.402. The van der Waals surface area contributed by atoms with Gasteiger partial charge in [-0.1, -0.05) is 35.5 Å². The zero-order valence-corrected chi connectivity index (χ0v) is 7.16. The highest BCUT2D eigenvalue weighted by Crippen LogP contribution is 2.18. The van der Waals surface area contributed by atoms with E-state index in [0.717, 1.165) is 5.56 Å². The van der Waals surface area contributed by atoms with Crippen LogP contribution in [-0.4, -0.2) is 21.7 Å². The predicted molar refractivity (Wildman–Crippen MR) is 49.1 cm³/mol. The highest BCUT2D eigenvalue weighted by Gasteiger charge is 2.09. The van der Waals surface area contributed by atoms with Gasteiger partial charge in [-0.15, -0.1) is 0 Å². The molecule has 0 aliphatic rings. The van der Waals surface area contributed by atoms with Crippen molar-refractivity contribution in [1.29, 1.82) is 0 Å². The van der Waals surface area contributed by atoms with Gasteiger partial charge in [0, 0.05) is 5.56 Å². The second kappa shape index (κ2) is 3.69. The third kappa shape index (κ3) is 1.47. The fourth-order valence-electron chi connectivity index (χ4n) is 1.13. The molecule has 1 heterocycles. The fourth-order valence-corrected chi connectivity index (χ4v) is 1.13. The van der Waals surface area contributed by atoms with E-state index >= 15 is 0 Å². The Morgan fingerprint density at radius 1 is 1.21 bits per heavy atom. The molecule has 0 atom stereocenters. The average molecular weight is 189 g/mol. The quantitative estimate of drug-likeness (QED) is 0.442. The molecule has 0 saturated carbocycles. The van der Waals surface area contributed by atoms with E-state index in [0.29, 0.717) is 11.4 Å². The second-order valence-electron chi connectivity index (χ2n) is 2.61. The summed E-state index contributed by atoms with van der Waals surface area (Å²) in [5, 5.41) is 18.5. The molecule has 1 aromatic heterocycles. The zero-order valence-electron chi connectivity index (χ0n) is 7.16. The lowest BCUT2D eigenvalue weighted by molar-refractivity contribution is 0.305. The molecule has 0 fully saturated rings. The van der Waals surface area contributed by atoms with Gasteiger partial charge in [0.25, 0.3) is 0 Å². The standard InChI is InChI=1S/C9H7N3O2/c13-10-6-8-9(12-14-11-8)7-4-2-1-3-5-7/h1-6,13H/b10-6+. The van der Waals surface area contributed by atoms with Crippen LogP contribution in [-0.2, 0) is 0 Å². The summed E-state index contributed by atoms with van der Waals surface area (Å²) in [5.41, 5.74) is 1.82. The van der Waals surface area contributed by atoms with Gasteiger partial charge in [0.2, 0.25) is 0 Å². The van der Waals surface area contributed by atoms with E-state index in [1.165, 1.54) is 6.21 Å². The largest absolute Gasteiger partial charge is 0.411 e. The third-order valence-corrected chi connectivity index (χ3v) is 1.74. The zero-order chi connectivity index (χ0) is 9.80. The number of benzene rings is 1. The number of hydrogen-bond donors (Lipinski definition) is 1. The average Bonchev–Trinajstić information content (AvgIpc) is 2.68. The van der Waals surface area contributed by atoms with Crippen LogP contribution >= 0.6 is 0 Å². The van der Waals surface area contributed by atoms with Crippen molar-refractivity contribution in [2.75, 3.05) is 0 Å². The van der Waals surface area contributed by atoms with Crippen molar-refractivity contribution in [1.82, 2.24) is 10.3 Å². The second-order valence-corrected chi connectivity index (χ2v) is 2.61. The van der Waals surface area contributed by atoms with E-state index in [9.17, 15) is 0 Å². The van der Waals surface area contributed by atoms with Crippen molar-refractivity contribution in [2.45, 2.75) is 0 Å². The Balaban J connectivity index is 2.47. The lowest BCUT2D eigenvalue weighted by Gasteiger charge is -1.93. The van der Waals surface area contributed by atoms with Crippen molar-refractivity contribution < 1.29 is 9.84 Å². The predicted octanol–water partition coefficient (Wildman–Crippen LogP) is 1.54. The van der Waals surface area contributed by atoms with E-state index in [1.807, 2.05) is 30.3 Å². The van der Waals surface area contributed by atoms with Crippen molar-refractivity contribution in [2.24, 2.45) is 5.16 Å². The Morgan fingerprint density at radius 3 is 2.71 bits per heavy atom. The molecule has 0 saturated heterocycles. The number of nitrogens with zero attached hydrogens (tertiary/aromatic N) is 3. The first-order valence-corrected chi connectivity index (χ1v) is 3.97. The maximum Gasteiger partial charge on any atom is 0.157 e. The number of aromatic nitrogens is 2. The molecule has 0 spiro atoms. The molecule has 0 bridgehead atoms. The van der Waals surface area contributed by atoms with Gasteiger partial charge < -0.3 is 5.21 Å². The Morgan fingerprint density at radius 2 is 2.00 bits per heavy atom. The van der Waals surface area contributed by atoms with Gasteiger partial charge >= 0.3 is 0 Å².